The molecule has 0 aromatic rings. The quantitative estimate of drug-likeness (QED) is 0.561. The van der Waals surface area contributed by atoms with Crippen molar-refractivity contribution in [3.63, 3.8) is 0 Å². The second-order valence-electron chi connectivity index (χ2n) is 5.19. The molecule has 0 spiro atoms. The summed E-state index contributed by atoms with van der Waals surface area (Å²) in [5.41, 5.74) is 0. The van der Waals surface area contributed by atoms with Crippen LogP contribution in [0.15, 0.2) is 0 Å². The first-order valence-corrected chi connectivity index (χ1v) is 5.52. The summed E-state index contributed by atoms with van der Waals surface area (Å²) in [6, 6.07) is 1.51. The van der Waals surface area contributed by atoms with E-state index in [9.17, 15) is 4.79 Å². The zero-order chi connectivity index (χ0) is 9.00. The number of hydrogen-bond acceptors (Lipinski definition) is 2. The molecule has 4 fully saturated rings. The summed E-state index contributed by atoms with van der Waals surface area (Å²) in [5, 5.41) is 0. The van der Waals surface area contributed by atoms with Crippen LogP contribution in [0.25, 0.3) is 0 Å². The van der Waals surface area contributed by atoms with Crippen molar-refractivity contribution < 1.29 is 4.79 Å². The van der Waals surface area contributed by atoms with Gasteiger partial charge >= 0.3 is 0 Å². The summed E-state index contributed by atoms with van der Waals surface area (Å²) in [6.45, 7) is 3.13. The molecule has 4 saturated heterocycles. The molecule has 4 aliphatic rings. The van der Waals surface area contributed by atoms with Gasteiger partial charge in [0.2, 0.25) is 0 Å². The molecule has 0 radical (unpaired) electrons. The van der Waals surface area contributed by atoms with Crippen LogP contribution in [0.2, 0.25) is 0 Å². The van der Waals surface area contributed by atoms with Crippen molar-refractivity contribution in [2.24, 2.45) is 11.8 Å². The Bertz CT molecular complexity index is 234. The van der Waals surface area contributed by atoms with Crippen molar-refractivity contribution in [2.75, 3.05) is 6.54 Å². The van der Waals surface area contributed by atoms with Gasteiger partial charge in [-0.25, -0.2) is 0 Å². The van der Waals surface area contributed by atoms with Crippen molar-refractivity contribution in [2.45, 2.75) is 44.7 Å². The molecule has 2 nitrogen and oxygen atoms in total. The zero-order valence-electron chi connectivity index (χ0n) is 8.20. The first-order chi connectivity index (χ1) is 6.24. The van der Waals surface area contributed by atoms with Crippen LogP contribution in [-0.2, 0) is 4.79 Å². The first kappa shape index (κ1) is 7.98. The Morgan fingerprint density at radius 3 is 2.31 bits per heavy atom. The van der Waals surface area contributed by atoms with Crippen LogP contribution in [0.4, 0.5) is 0 Å². The monoisotopic (exact) mass is 179 g/mol. The Hall–Kier alpha value is -0.370. The predicted molar refractivity (Wildman–Crippen MR) is 50.4 cm³/mol. The van der Waals surface area contributed by atoms with Crippen LogP contribution >= 0.6 is 0 Å². The van der Waals surface area contributed by atoms with Crippen LogP contribution < -0.4 is 0 Å². The molecule has 0 N–H and O–H groups in total. The molecule has 72 valence electrons. The van der Waals surface area contributed by atoms with E-state index in [-0.39, 0.29) is 0 Å². The van der Waals surface area contributed by atoms with Crippen LogP contribution in [0.1, 0.15) is 32.6 Å². The minimum atomic E-state index is 0.437. The largest absolute Gasteiger partial charge is 0.298 e. The maximum atomic E-state index is 11.5. The second kappa shape index (κ2) is 2.57. The Morgan fingerprint density at radius 2 is 1.77 bits per heavy atom. The van der Waals surface area contributed by atoms with Gasteiger partial charge in [-0.2, -0.15) is 0 Å². The predicted octanol–water partition coefficient (Wildman–Crippen LogP) is 1.45. The van der Waals surface area contributed by atoms with Crippen LogP contribution in [0.3, 0.4) is 0 Å². The van der Waals surface area contributed by atoms with E-state index >= 15 is 0 Å². The maximum absolute atomic E-state index is 11.5. The van der Waals surface area contributed by atoms with Gasteiger partial charge in [-0.1, -0.05) is 6.92 Å². The van der Waals surface area contributed by atoms with E-state index in [0.717, 1.165) is 24.5 Å². The summed E-state index contributed by atoms with van der Waals surface area (Å²) in [4.78, 5) is 14.0. The molecular weight excluding hydrogens is 162 g/mol. The number of carbonyl (C=O) groups is 1. The number of rotatable bonds is 0. The lowest BCUT2D eigenvalue weighted by atomic mass is 9.70. The average molecular weight is 179 g/mol. The highest BCUT2D eigenvalue weighted by Gasteiger charge is 2.47. The van der Waals surface area contributed by atoms with Gasteiger partial charge in [0.05, 0.1) is 6.54 Å². The summed E-state index contributed by atoms with van der Waals surface area (Å²) in [7, 11) is 0. The molecule has 4 bridgehead atoms. The summed E-state index contributed by atoms with van der Waals surface area (Å²) >= 11 is 0. The van der Waals surface area contributed by atoms with Crippen molar-refractivity contribution in [3.8, 4) is 0 Å². The lowest BCUT2D eigenvalue weighted by Crippen LogP contribution is -2.61. The molecule has 4 unspecified atom stereocenters. The molecule has 0 aromatic heterocycles. The summed E-state index contributed by atoms with van der Waals surface area (Å²) < 4.78 is 0. The zero-order valence-corrected chi connectivity index (χ0v) is 8.20. The highest BCUT2D eigenvalue weighted by molar-refractivity contribution is 5.84. The smallest absolute Gasteiger partial charge is 0.150 e. The van der Waals surface area contributed by atoms with Gasteiger partial charge in [0.1, 0.15) is 5.78 Å². The van der Waals surface area contributed by atoms with Gasteiger partial charge in [0.25, 0.3) is 0 Å². The van der Waals surface area contributed by atoms with Gasteiger partial charge in [-0.05, 0) is 31.6 Å². The van der Waals surface area contributed by atoms with Gasteiger partial charge in [-0.3, -0.25) is 9.69 Å². The second-order valence-corrected chi connectivity index (χ2v) is 5.19. The summed E-state index contributed by atoms with van der Waals surface area (Å²) in [6.07, 6.45) is 5.00. The molecule has 13 heavy (non-hydrogen) atoms. The van der Waals surface area contributed by atoms with Crippen molar-refractivity contribution in [1.29, 1.82) is 0 Å². The van der Waals surface area contributed by atoms with Crippen molar-refractivity contribution in [1.82, 2.24) is 4.90 Å². The number of ketones is 1. The van der Waals surface area contributed by atoms with Crippen LogP contribution in [0.5, 0.6) is 0 Å². The van der Waals surface area contributed by atoms with E-state index in [1.54, 1.807) is 0 Å². The fourth-order valence-electron chi connectivity index (χ4n) is 3.64. The average Bonchev–Trinajstić information content (AvgIpc) is 2.04. The lowest BCUT2D eigenvalue weighted by Gasteiger charge is -2.54. The van der Waals surface area contributed by atoms with Gasteiger partial charge < -0.3 is 0 Å². The van der Waals surface area contributed by atoms with E-state index < -0.39 is 0 Å². The molecule has 5 atom stereocenters. The fourth-order valence-corrected chi connectivity index (χ4v) is 3.64. The van der Waals surface area contributed by atoms with E-state index in [2.05, 4.69) is 11.8 Å². The van der Waals surface area contributed by atoms with E-state index in [1.807, 2.05) is 0 Å². The highest BCUT2D eigenvalue weighted by atomic mass is 16.1. The molecule has 0 amide bonds. The van der Waals surface area contributed by atoms with Crippen LogP contribution in [-0.4, -0.2) is 29.3 Å². The van der Waals surface area contributed by atoms with Gasteiger partial charge in [-0.15, -0.1) is 0 Å². The van der Waals surface area contributed by atoms with Crippen LogP contribution in [0, 0.1) is 11.8 Å². The number of Topliss-reactive ketones (excluding diaryl/α,β-unsaturated/α-hetero) is 1. The molecule has 4 aliphatic heterocycles. The van der Waals surface area contributed by atoms with Gasteiger partial charge in [0, 0.05) is 18.0 Å². The number of carbonyl (C=O) groups excluding carboxylic acids is 1. The lowest BCUT2D eigenvalue weighted by molar-refractivity contribution is -0.141. The third kappa shape index (κ3) is 1.08. The van der Waals surface area contributed by atoms with E-state index in [1.165, 1.54) is 25.7 Å². The Labute approximate surface area is 79.3 Å². The van der Waals surface area contributed by atoms with Crippen molar-refractivity contribution >= 4 is 5.78 Å². The Balaban J connectivity index is 1.87. The molecule has 2 heteroatoms. The normalized spacial score (nSPS) is 53.9. The molecule has 0 aliphatic carbocycles. The van der Waals surface area contributed by atoms with E-state index in [4.69, 9.17) is 0 Å². The standard InChI is InChI=1S/C11H17NO/c1-7-2-9-4-8-5-10(3-7)12(9)6-11(8)13/h7-10H,2-6H2,1H3/t7?,8?,9-,10?/m0/s1. The van der Waals surface area contributed by atoms with Gasteiger partial charge in [0.15, 0.2) is 0 Å². The number of piperidine rings is 4. The number of fused-ring (bicyclic) bond motifs is 1. The third-order valence-electron chi connectivity index (χ3n) is 4.19. The molecule has 4 rings (SSSR count). The third-order valence-corrected chi connectivity index (χ3v) is 4.19. The molecule has 0 aromatic carbocycles. The number of hydrogen-bond donors (Lipinski definition) is 0. The Morgan fingerprint density at radius 1 is 1.15 bits per heavy atom. The number of nitrogens with zero attached hydrogens (tertiary/aromatic N) is 1. The molecule has 4 heterocycles. The molecular formula is C11H17NO. The highest BCUT2D eigenvalue weighted by Crippen LogP contribution is 2.42. The van der Waals surface area contributed by atoms with E-state index in [0.29, 0.717) is 11.7 Å². The Kier molecular flexibility index (Phi) is 1.58. The fraction of sp³-hybridized carbons (Fsp3) is 0.909. The molecule has 0 saturated carbocycles. The minimum Gasteiger partial charge on any atom is -0.298 e. The topological polar surface area (TPSA) is 20.3 Å². The minimum absolute atomic E-state index is 0.437. The summed E-state index contributed by atoms with van der Waals surface area (Å²) in [5.74, 6) is 1.84. The SMILES string of the molecule is CC1CC2CC3C[C@H](C1)N2CC3=O. The van der Waals surface area contributed by atoms with Crippen molar-refractivity contribution in [3.05, 3.63) is 0 Å². The maximum Gasteiger partial charge on any atom is 0.150 e. The first-order valence-electron chi connectivity index (χ1n) is 5.52.